The van der Waals surface area contributed by atoms with Crippen LogP contribution in [0.3, 0.4) is 0 Å². The molecule has 0 aliphatic heterocycles. The predicted octanol–water partition coefficient (Wildman–Crippen LogP) is 3.34. The molecule has 2 aromatic rings. The van der Waals surface area contributed by atoms with Crippen molar-refractivity contribution in [1.29, 1.82) is 0 Å². The molecule has 0 saturated heterocycles. The monoisotopic (exact) mass is 217 g/mol. The van der Waals surface area contributed by atoms with Gasteiger partial charge in [-0.1, -0.05) is 6.07 Å². The quantitative estimate of drug-likeness (QED) is 0.784. The molecule has 0 spiro atoms. The van der Waals surface area contributed by atoms with Crippen molar-refractivity contribution < 1.29 is 9.50 Å². The second kappa shape index (κ2) is 4.48. The van der Waals surface area contributed by atoms with Gasteiger partial charge in [0.05, 0.1) is 0 Å². The number of azo groups is 1. The molecule has 1 aromatic carbocycles. The number of hydrogen-bond acceptors (Lipinski definition) is 4. The molecule has 0 radical (unpaired) electrons. The van der Waals surface area contributed by atoms with Gasteiger partial charge >= 0.3 is 0 Å². The number of aromatic hydroxyl groups is 1. The molecule has 0 fully saturated rings. The molecule has 0 atom stereocenters. The first-order valence-electron chi connectivity index (χ1n) is 4.57. The Labute approximate surface area is 91.1 Å². The Morgan fingerprint density at radius 2 is 2.00 bits per heavy atom. The lowest BCUT2D eigenvalue weighted by Crippen LogP contribution is -1.73. The third kappa shape index (κ3) is 2.38. The SMILES string of the molecule is Oc1ccc(F)cc1/N=N/c1ccccn1. The Hall–Kier alpha value is -2.30. The van der Waals surface area contributed by atoms with Gasteiger partial charge in [0, 0.05) is 12.3 Å². The molecular weight excluding hydrogens is 209 g/mol. The fraction of sp³-hybridized carbons (Fsp3) is 0. The van der Waals surface area contributed by atoms with Gasteiger partial charge in [0.25, 0.3) is 0 Å². The van der Waals surface area contributed by atoms with E-state index in [1.165, 1.54) is 6.07 Å². The van der Waals surface area contributed by atoms with E-state index in [1.54, 1.807) is 24.4 Å². The normalized spacial score (nSPS) is 10.8. The highest BCUT2D eigenvalue weighted by Gasteiger charge is 2.01. The van der Waals surface area contributed by atoms with Crippen molar-refractivity contribution in [2.24, 2.45) is 10.2 Å². The zero-order valence-electron chi connectivity index (χ0n) is 8.21. The summed E-state index contributed by atoms with van der Waals surface area (Å²) in [6.45, 7) is 0. The first kappa shape index (κ1) is 10.2. The number of benzene rings is 1. The van der Waals surface area contributed by atoms with E-state index >= 15 is 0 Å². The third-order valence-electron chi connectivity index (χ3n) is 1.85. The van der Waals surface area contributed by atoms with Crippen LogP contribution in [0, 0.1) is 5.82 Å². The summed E-state index contributed by atoms with van der Waals surface area (Å²) in [5, 5.41) is 16.8. The van der Waals surface area contributed by atoms with Gasteiger partial charge in [-0.15, -0.1) is 10.2 Å². The lowest BCUT2D eigenvalue weighted by atomic mass is 10.3. The number of rotatable bonds is 2. The third-order valence-corrected chi connectivity index (χ3v) is 1.85. The van der Waals surface area contributed by atoms with Gasteiger partial charge in [-0.2, -0.15) is 0 Å². The Balaban J connectivity index is 2.27. The van der Waals surface area contributed by atoms with Crippen molar-refractivity contribution in [1.82, 2.24) is 4.98 Å². The van der Waals surface area contributed by atoms with Crippen molar-refractivity contribution in [3.8, 4) is 5.75 Å². The summed E-state index contributed by atoms with van der Waals surface area (Å²) in [4.78, 5) is 3.91. The minimum Gasteiger partial charge on any atom is -0.506 e. The largest absolute Gasteiger partial charge is 0.506 e. The molecule has 0 amide bonds. The number of halogens is 1. The molecule has 0 unspecified atom stereocenters. The number of phenols is 1. The lowest BCUT2D eigenvalue weighted by Gasteiger charge is -1.96. The van der Waals surface area contributed by atoms with Crippen molar-refractivity contribution in [2.75, 3.05) is 0 Å². The van der Waals surface area contributed by atoms with Crippen LogP contribution < -0.4 is 0 Å². The fourth-order valence-corrected chi connectivity index (χ4v) is 1.09. The highest BCUT2D eigenvalue weighted by molar-refractivity contribution is 5.50. The van der Waals surface area contributed by atoms with Gasteiger partial charge < -0.3 is 5.11 Å². The molecule has 0 aliphatic rings. The number of hydrogen-bond donors (Lipinski definition) is 1. The van der Waals surface area contributed by atoms with Gasteiger partial charge in [-0.25, -0.2) is 9.37 Å². The molecule has 0 aliphatic carbocycles. The van der Waals surface area contributed by atoms with Crippen LogP contribution in [0.25, 0.3) is 0 Å². The molecule has 16 heavy (non-hydrogen) atoms. The summed E-state index contributed by atoms with van der Waals surface area (Å²) >= 11 is 0. The second-order valence-corrected chi connectivity index (χ2v) is 3.02. The standard InChI is InChI=1S/C11H8FN3O/c12-8-4-5-10(16)9(7-8)14-15-11-3-1-2-6-13-11/h1-7,16H/b15-14+. The van der Waals surface area contributed by atoms with Crippen LogP contribution in [-0.2, 0) is 0 Å². The summed E-state index contributed by atoms with van der Waals surface area (Å²) in [6, 6.07) is 8.63. The second-order valence-electron chi connectivity index (χ2n) is 3.02. The van der Waals surface area contributed by atoms with E-state index in [2.05, 4.69) is 15.2 Å². The fourth-order valence-electron chi connectivity index (χ4n) is 1.09. The van der Waals surface area contributed by atoms with Gasteiger partial charge in [-0.3, -0.25) is 0 Å². The molecular formula is C11H8FN3O. The minimum absolute atomic E-state index is 0.0747. The Bertz CT molecular complexity index is 514. The highest BCUT2D eigenvalue weighted by atomic mass is 19.1. The molecule has 4 nitrogen and oxygen atoms in total. The first-order chi connectivity index (χ1) is 7.75. The molecule has 5 heteroatoms. The van der Waals surface area contributed by atoms with Crippen LogP contribution in [0.5, 0.6) is 5.75 Å². The molecule has 80 valence electrons. The van der Waals surface area contributed by atoms with Crippen LogP contribution >= 0.6 is 0 Å². The van der Waals surface area contributed by atoms with Crippen molar-refractivity contribution in [3.05, 3.63) is 48.4 Å². The maximum atomic E-state index is 12.8. The smallest absolute Gasteiger partial charge is 0.174 e. The molecule has 1 N–H and O–H groups in total. The van der Waals surface area contributed by atoms with Gasteiger partial charge in [0.2, 0.25) is 0 Å². The van der Waals surface area contributed by atoms with Crippen LogP contribution in [-0.4, -0.2) is 10.1 Å². The molecule has 1 heterocycles. The highest BCUT2D eigenvalue weighted by Crippen LogP contribution is 2.27. The zero-order chi connectivity index (χ0) is 11.4. The van der Waals surface area contributed by atoms with E-state index < -0.39 is 5.82 Å². The van der Waals surface area contributed by atoms with Gasteiger partial charge in [-0.05, 0) is 24.3 Å². The van der Waals surface area contributed by atoms with Crippen LogP contribution in [0.4, 0.5) is 15.9 Å². The van der Waals surface area contributed by atoms with Crippen LogP contribution in [0.15, 0.2) is 52.8 Å². The maximum absolute atomic E-state index is 12.8. The van der Waals surface area contributed by atoms with E-state index in [0.29, 0.717) is 5.82 Å². The maximum Gasteiger partial charge on any atom is 0.174 e. The van der Waals surface area contributed by atoms with Gasteiger partial charge in [0.15, 0.2) is 5.82 Å². The van der Waals surface area contributed by atoms with Gasteiger partial charge in [0.1, 0.15) is 17.3 Å². The summed E-state index contributed by atoms with van der Waals surface area (Å²) in [7, 11) is 0. The van der Waals surface area contributed by atoms with Crippen molar-refractivity contribution in [3.63, 3.8) is 0 Å². The summed E-state index contributed by atoms with van der Waals surface area (Å²) < 4.78 is 12.8. The average molecular weight is 217 g/mol. The molecule has 0 bridgehead atoms. The van der Waals surface area contributed by atoms with Crippen LogP contribution in [0.2, 0.25) is 0 Å². The average Bonchev–Trinajstić information content (AvgIpc) is 2.32. The molecule has 2 rings (SSSR count). The van der Waals surface area contributed by atoms with Crippen molar-refractivity contribution in [2.45, 2.75) is 0 Å². The minimum atomic E-state index is -0.479. The summed E-state index contributed by atoms with van der Waals surface area (Å²) in [5.41, 5.74) is 0.0747. The molecule has 1 aromatic heterocycles. The molecule has 0 saturated carbocycles. The lowest BCUT2D eigenvalue weighted by molar-refractivity contribution is 0.474. The summed E-state index contributed by atoms with van der Waals surface area (Å²) in [6.07, 6.45) is 1.57. The zero-order valence-corrected chi connectivity index (χ0v) is 8.21. The topological polar surface area (TPSA) is 57.8 Å². The Kier molecular flexibility index (Phi) is 2.86. The number of nitrogens with zero attached hydrogens (tertiary/aromatic N) is 3. The van der Waals surface area contributed by atoms with E-state index in [0.717, 1.165) is 12.1 Å². The van der Waals surface area contributed by atoms with E-state index in [1.807, 2.05) is 0 Å². The van der Waals surface area contributed by atoms with E-state index in [-0.39, 0.29) is 11.4 Å². The number of aromatic nitrogens is 1. The number of pyridine rings is 1. The van der Waals surface area contributed by atoms with Crippen LogP contribution in [0.1, 0.15) is 0 Å². The number of phenolic OH excluding ortho intramolecular Hbond substituents is 1. The Morgan fingerprint density at radius 3 is 2.75 bits per heavy atom. The summed E-state index contributed by atoms with van der Waals surface area (Å²) in [5.74, 6) is -0.208. The van der Waals surface area contributed by atoms with E-state index in [9.17, 15) is 9.50 Å². The first-order valence-corrected chi connectivity index (χ1v) is 4.57. The van der Waals surface area contributed by atoms with Crippen molar-refractivity contribution >= 4 is 11.5 Å². The predicted molar refractivity (Wildman–Crippen MR) is 56.5 cm³/mol. The Morgan fingerprint density at radius 1 is 1.12 bits per heavy atom. The van der Waals surface area contributed by atoms with E-state index in [4.69, 9.17) is 0 Å².